The molecule has 0 fully saturated rings. The summed E-state index contributed by atoms with van der Waals surface area (Å²) in [7, 11) is 1.34. The van der Waals surface area contributed by atoms with Crippen LogP contribution in [0.1, 0.15) is 64.7 Å². The van der Waals surface area contributed by atoms with Gasteiger partial charge in [-0.15, -0.1) is 11.3 Å². The first-order chi connectivity index (χ1) is 12.0. The maximum atomic E-state index is 12.5. The Labute approximate surface area is 156 Å². The Bertz CT molecular complexity index is 879. The number of hydrogen-bond donors (Lipinski definition) is 2. The fraction of sp³-hybridized carbons (Fsp3) is 0.500. The van der Waals surface area contributed by atoms with Gasteiger partial charge in [-0.2, -0.15) is 0 Å². The first kappa shape index (κ1) is 18.6. The molecule has 0 saturated carbocycles. The highest BCUT2D eigenvalue weighted by atomic mass is 32.1. The molecule has 7 nitrogen and oxygen atoms in total. The molecule has 1 aliphatic rings. The minimum atomic E-state index is -0.458. The van der Waals surface area contributed by atoms with Crippen LogP contribution in [0.4, 0.5) is 5.00 Å². The molecule has 0 radical (unpaired) electrons. The lowest BCUT2D eigenvalue weighted by molar-refractivity contribution is 0.0600. The number of rotatable bonds is 3. The lowest BCUT2D eigenvalue weighted by Crippen LogP contribution is -2.55. The molecule has 2 N–H and O–H groups in total. The van der Waals surface area contributed by atoms with E-state index in [4.69, 9.17) is 9.26 Å². The number of ether oxygens (including phenoxy) is 1. The molecule has 0 atom stereocenters. The highest BCUT2D eigenvalue weighted by Gasteiger charge is 2.42. The number of amides is 1. The standard InChI is InChI=1S/C18H23N3O4S/c1-9-7-11(25-20-9)14(22)19-15-12(16(23)24-6)10-8-17(2,3)21-18(4,5)13(10)26-15/h7,21H,8H2,1-6H3,(H,19,22). The summed E-state index contributed by atoms with van der Waals surface area (Å²) in [4.78, 5) is 26.0. The smallest absolute Gasteiger partial charge is 0.341 e. The Morgan fingerprint density at radius 1 is 1.35 bits per heavy atom. The van der Waals surface area contributed by atoms with E-state index in [1.54, 1.807) is 13.0 Å². The minimum Gasteiger partial charge on any atom is -0.465 e. The van der Waals surface area contributed by atoms with Crippen LogP contribution in [0, 0.1) is 6.92 Å². The number of nitrogens with one attached hydrogen (secondary N) is 2. The molecule has 0 aromatic carbocycles. The predicted octanol–water partition coefficient (Wildman–Crippen LogP) is 3.24. The number of aromatic nitrogens is 1. The number of anilines is 1. The quantitative estimate of drug-likeness (QED) is 0.798. The molecule has 26 heavy (non-hydrogen) atoms. The Morgan fingerprint density at radius 2 is 2.04 bits per heavy atom. The van der Waals surface area contributed by atoms with Gasteiger partial charge in [0.15, 0.2) is 0 Å². The van der Waals surface area contributed by atoms with Gasteiger partial charge >= 0.3 is 5.97 Å². The number of aryl methyl sites for hydroxylation is 1. The number of hydrogen-bond acceptors (Lipinski definition) is 7. The highest BCUT2D eigenvalue weighted by molar-refractivity contribution is 7.17. The predicted molar refractivity (Wildman–Crippen MR) is 98.8 cm³/mol. The molecule has 3 rings (SSSR count). The van der Waals surface area contributed by atoms with E-state index in [9.17, 15) is 9.59 Å². The van der Waals surface area contributed by atoms with Crippen LogP contribution >= 0.6 is 11.3 Å². The zero-order chi connectivity index (χ0) is 19.3. The van der Waals surface area contributed by atoms with Gasteiger partial charge in [-0.25, -0.2) is 4.79 Å². The zero-order valence-electron chi connectivity index (χ0n) is 15.8. The van der Waals surface area contributed by atoms with Gasteiger partial charge in [0.05, 0.1) is 18.4 Å². The van der Waals surface area contributed by atoms with Gasteiger partial charge < -0.3 is 19.9 Å². The summed E-state index contributed by atoms with van der Waals surface area (Å²) < 4.78 is 10.0. The molecule has 3 heterocycles. The van der Waals surface area contributed by atoms with Crippen molar-refractivity contribution in [1.82, 2.24) is 10.5 Å². The van der Waals surface area contributed by atoms with E-state index in [0.29, 0.717) is 22.7 Å². The van der Waals surface area contributed by atoms with Crippen LogP contribution in [0.25, 0.3) is 0 Å². The average Bonchev–Trinajstić information content (AvgIpc) is 3.09. The van der Waals surface area contributed by atoms with Crippen molar-refractivity contribution >= 4 is 28.2 Å². The Kier molecular flexibility index (Phi) is 4.44. The van der Waals surface area contributed by atoms with E-state index >= 15 is 0 Å². The largest absolute Gasteiger partial charge is 0.465 e. The Balaban J connectivity index is 2.07. The first-order valence-electron chi connectivity index (χ1n) is 8.32. The van der Waals surface area contributed by atoms with Gasteiger partial charge in [-0.3, -0.25) is 4.79 Å². The van der Waals surface area contributed by atoms with Gasteiger partial charge in [-0.1, -0.05) is 5.16 Å². The SMILES string of the molecule is COC(=O)c1c(NC(=O)c2cc(C)no2)sc2c1CC(C)(C)NC2(C)C. The van der Waals surface area contributed by atoms with Crippen LogP contribution in [-0.4, -0.2) is 29.7 Å². The third-order valence-corrected chi connectivity index (χ3v) is 5.78. The van der Waals surface area contributed by atoms with Gasteiger partial charge in [0.1, 0.15) is 5.00 Å². The van der Waals surface area contributed by atoms with Crippen LogP contribution in [0.15, 0.2) is 10.6 Å². The van der Waals surface area contributed by atoms with E-state index < -0.39 is 11.9 Å². The van der Waals surface area contributed by atoms with Crippen molar-refractivity contribution in [3.63, 3.8) is 0 Å². The summed E-state index contributed by atoms with van der Waals surface area (Å²) in [6.07, 6.45) is 0.657. The molecular weight excluding hydrogens is 354 g/mol. The second kappa shape index (κ2) is 6.21. The fourth-order valence-electron chi connectivity index (χ4n) is 3.57. The molecule has 140 valence electrons. The van der Waals surface area contributed by atoms with Crippen LogP contribution in [-0.2, 0) is 16.7 Å². The molecule has 8 heteroatoms. The number of esters is 1. The third kappa shape index (κ3) is 3.26. The number of fused-ring (bicyclic) bond motifs is 1. The van der Waals surface area contributed by atoms with Crippen molar-refractivity contribution in [3.8, 4) is 0 Å². The average molecular weight is 377 g/mol. The summed E-state index contributed by atoms with van der Waals surface area (Å²) in [6.45, 7) is 10.0. The number of nitrogens with zero attached hydrogens (tertiary/aromatic N) is 1. The number of carbonyl (C=O) groups is 2. The van der Waals surface area contributed by atoms with Crippen LogP contribution in [0.3, 0.4) is 0 Å². The van der Waals surface area contributed by atoms with E-state index in [2.05, 4.69) is 43.5 Å². The number of thiophene rings is 1. The Hall–Kier alpha value is -2.19. The third-order valence-electron chi connectivity index (χ3n) is 4.31. The molecule has 0 saturated heterocycles. The molecule has 0 unspecified atom stereocenters. The molecule has 0 spiro atoms. The van der Waals surface area contributed by atoms with Crippen LogP contribution in [0.5, 0.6) is 0 Å². The topological polar surface area (TPSA) is 93.5 Å². The summed E-state index contributed by atoms with van der Waals surface area (Å²) in [5.41, 5.74) is 1.42. The molecule has 0 bridgehead atoms. The monoisotopic (exact) mass is 377 g/mol. The van der Waals surface area contributed by atoms with Crippen molar-refractivity contribution in [1.29, 1.82) is 0 Å². The highest BCUT2D eigenvalue weighted by Crippen LogP contribution is 2.45. The number of carbonyl (C=O) groups excluding carboxylic acids is 2. The van der Waals surface area contributed by atoms with Crippen molar-refractivity contribution < 1.29 is 18.8 Å². The zero-order valence-corrected chi connectivity index (χ0v) is 16.6. The van der Waals surface area contributed by atoms with E-state index in [-0.39, 0.29) is 16.8 Å². The Morgan fingerprint density at radius 3 is 2.62 bits per heavy atom. The number of methoxy groups -OCH3 is 1. The first-order valence-corrected chi connectivity index (χ1v) is 9.14. The van der Waals surface area contributed by atoms with Crippen LogP contribution < -0.4 is 10.6 Å². The van der Waals surface area contributed by atoms with Gasteiger partial charge in [0, 0.05) is 22.0 Å². The molecule has 2 aromatic heterocycles. The normalized spacial score (nSPS) is 17.5. The van der Waals surface area contributed by atoms with Crippen molar-refractivity contribution in [2.45, 2.75) is 52.1 Å². The van der Waals surface area contributed by atoms with Crippen molar-refractivity contribution in [2.24, 2.45) is 0 Å². The second-order valence-corrected chi connectivity index (χ2v) is 8.72. The summed E-state index contributed by atoms with van der Waals surface area (Å²) in [5, 5.41) is 10.6. The maximum absolute atomic E-state index is 12.5. The maximum Gasteiger partial charge on any atom is 0.341 e. The molecule has 2 aromatic rings. The lowest BCUT2D eigenvalue weighted by Gasteiger charge is -2.42. The lowest BCUT2D eigenvalue weighted by atomic mass is 9.81. The molecule has 1 aliphatic heterocycles. The van der Waals surface area contributed by atoms with Gasteiger partial charge in [0.25, 0.3) is 5.91 Å². The molecule has 0 aliphatic carbocycles. The minimum absolute atomic E-state index is 0.0994. The summed E-state index contributed by atoms with van der Waals surface area (Å²) in [5.74, 6) is -0.804. The van der Waals surface area contributed by atoms with E-state index in [0.717, 1.165) is 10.4 Å². The van der Waals surface area contributed by atoms with Gasteiger partial charge in [-0.05, 0) is 46.6 Å². The van der Waals surface area contributed by atoms with E-state index in [1.165, 1.54) is 18.4 Å². The molecule has 1 amide bonds. The van der Waals surface area contributed by atoms with Crippen molar-refractivity contribution in [3.05, 3.63) is 33.5 Å². The summed E-state index contributed by atoms with van der Waals surface area (Å²) >= 11 is 1.39. The van der Waals surface area contributed by atoms with E-state index in [1.807, 2.05) is 0 Å². The fourth-order valence-corrected chi connectivity index (χ4v) is 4.83. The van der Waals surface area contributed by atoms with Crippen LogP contribution in [0.2, 0.25) is 0 Å². The second-order valence-electron chi connectivity index (χ2n) is 7.70. The molecular formula is C18H23N3O4S. The van der Waals surface area contributed by atoms with Gasteiger partial charge in [0.2, 0.25) is 5.76 Å². The summed E-state index contributed by atoms with van der Waals surface area (Å²) in [6, 6.07) is 1.55. The van der Waals surface area contributed by atoms with Crippen molar-refractivity contribution in [2.75, 3.05) is 12.4 Å².